The van der Waals surface area contributed by atoms with Gasteiger partial charge in [-0.25, -0.2) is 14.3 Å². The molecule has 4 rings (SSSR count). The molecule has 1 aliphatic heterocycles. The summed E-state index contributed by atoms with van der Waals surface area (Å²) >= 11 is 0. The molecule has 0 atom stereocenters. The average Bonchev–Trinajstić information content (AvgIpc) is 3.29. The number of nitrogens with zero attached hydrogens (tertiary/aromatic N) is 3. The first-order valence-corrected chi connectivity index (χ1v) is 11.1. The molecule has 9 nitrogen and oxygen atoms in total. The number of nitrogens with one attached hydrogen (secondary N) is 2. The van der Waals surface area contributed by atoms with Gasteiger partial charge in [0, 0.05) is 24.1 Å². The Hall–Kier alpha value is -4.24. The number of alkyl halides is 6. The summed E-state index contributed by atoms with van der Waals surface area (Å²) in [6.45, 7) is 3.31. The number of fused-ring (bicyclic) bond motifs is 1. The second-order valence-corrected chi connectivity index (χ2v) is 8.55. The van der Waals surface area contributed by atoms with Crippen molar-refractivity contribution in [2.75, 3.05) is 6.54 Å². The van der Waals surface area contributed by atoms with Gasteiger partial charge in [0.2, 0.25) is 0 Å². The van der Waals surface area contributed by atoms with Crippen molar-refractivity contribution in [1.29, 1.82) is 0 Å². The van der Waals surface area contributed by atoms with Crippen LogP contribution in [-0.4, -0.2) is 55.0 Å². The van der Waals surface area contributed by atoms with Gasteiger partial charge in [-0.3, -0.25) is 14.7 Å². The van der Waals surface area contributed by atoms with E-state index < -0.39 is 35.7 Å². The highest BCUT2D eigenvalue weighted by molar-refractivity contribution is 5.94. The Kier molecular flexibility index (Phi) is 8.16. The van der Waals surface area contributed by atoms with Gasteiger partial charge in [-0.2, -0.15) is 36.5 Å². The Morgan fingerprint density at radius 3 is 2.28 bits per heavy atom. The molecule has 0 fully saturated rings. The van der Waals surface area contributed by atoms with Crippen LogP contribution in [0.2, 0.25) is 0 Å². The highest BCUT2D eigenvalue weighted by atomic mass is 19.4. The Morgan fingerprint density at radius 2 is 1.69 bits per heavy atom. The highest BCUT2D eigenvalue weighted by Gasteiger charge is 2.40. The van der Waals surface area contributed by atoms with E-state index in [4.69, 9.17) is 9.90 Å². The molecule has 210 valence electrons. The Balaban J connectivity index is 0.000000532. The summed E-state index contributed by atoms with van der Waals surface area (Å²) in [6.07, 6.45) is -9.43. The molecule has 39 heavy (non-hydrogen) atoms. The number of hydrogen-bond acceptors (Lipinski definition) is 5. The molecule has 0 saturated heterocycles. The molecule has 1 aliphatic rings. The minimum Gasteiger partial charge on any atom is -0.475 e. The molecule has 0 aliphatic carbocycles. The van der Waals surface area contributed by atoms with Gasteiger partial charge in [0.25, 0.3) is 11.5 Å². The number of benzene rings is 1. The van der Waals surface area contributed by atoms with Crippen molar-refractivity contribution >= 4 is 11.9 Å². The summed E-state index contributed by atoms with van der Waals surface area (Å²) in [7, 11) is 0. The first-order valence-electron chi connectivity index (χ1n) is 11.1. The number of carbonyl (C=O) groups is 2. The van der Waals surface area contributed by atoms with Crippen molar-refractivity contribution in [2.45, 2.75) is 45.6 Å². The molecule has 1 aromatic carbocycles. The molecular weight excluding hydrogens is 543 g/mol. The summed E-state index contributed by atoms with van der Waals surface area (Å²) in [5.41, 5.74) is 1.19. The van der Waals surface area contributed by atoms with E-state index in [9.17, 15) is 40.3 Å². The molecule has 0 bridgehead atoms. The normalized spacial score (nSPS) is 13.4. The molecule has 0 spiro atoms. The van der Waals surface area contributed by atoms with E-state index in [1.807, 2.05) is 0 Å². The standard InChI is InChI=1S/C21H19F4N5O2.C2HF3O2/c1-10-11(2)19(31)29-26-16(10)8-12-3-4-15(22)14(7-12)20(32)30-6-5-13-17(9-30)27-28-18(13)21(23,24)25;3-2(4,5)1(6)7/h3-4,7H,5-6,8-9H2,1-2H3,(H,27,28)(H,29,31);(H,6,7). The fraction of sp³-hybridized carbons (Fsp3) is 0.348. The van der Waals surface area contributed by atoms with Crippen LogP contribution in [0.3, 0.4) is 0 Å². The quantitative estimate of drug-likeness (QED) is 0.417. The average molecular weight is 563 g/mol. The highest BCUT2D eigenvalue weighted by Crippen LogP contribution is 2.34. The number of carboxylic acid groups (broad SMARTS) is 1. The first kappa shape index (κ1) is 29.3. The number of carboxylic acids is 1. The lowest BCUT2D eigenvalue weighted by Gasteiger charge is -2.27. The van der Waals surface area contributed by atoms with Crippen LogP contribution >= 0.6 is 0 Å². The number of aromatic amines is 2. The van der Waals surface area contributed by atoms with Crippen LogP contribution in [0.1, 0.15) is 49.7 Å². The van der Waals surface area contributed by atoms with E-state index >= 15 is 0 Å². The van der Waals surface area contributed by atoms with Crippen LogP contribution in [-0.2, 0) is 30.4 Å². The van der Waals surface area contributed by atoms with Crippen molar-refractivity contribution in [3.05, 3.63) is 79.3 Å². The van der Waals surface area contributed by atoms with Crippen LogP contribution in [0.25, 0.3) is 0 Å². The molecule has 16 heteroatoms. The third-order valence-electron chi connectivity index (χ3n) is 5.99. The van der Waals surface area contributed by atoms with Crippen LogP contribution < -0.4 is 5.56 Å². The van der Waals surface area contributed by atoms with Gasteiger partial charge in [0.1, 0.15) is 5.82 Å². The van der Waals surface area contributed by atoms with E-state index in [-0.39, 0.29) is 48.3 Å². The Labute approximate surface area is 214 Å². The monoisotopic (exact) mass is 563 g/mol. The third kappa shape index (κ3) is 6.61. The first-order chi connectivity index (χ1) is 18.0. The number of carbonyl (C=O) groups excluding carboxylic acids is 1. The van der Waals surface area contributed by atoms with Crippen molar-refractivity contribution in [3.63, 3.8) is 0 Å². The summed E-state index contributed by atoms with van der Waals surface area (Å²) in [5, 5.41) is 19.3. The maximum absolute atomic E-state index is 14.5. The maximum atomic E-state index is 14.5. The van der Waals surface area contributed by atoms with E-state index in [0.717, 1.165) is 0 Å². The van der Waals surface area contributed by atoms with Crippen LogP contribution in [0.5, 0.6) is 0 Å². The lowest BCUT2D eigenvalue weighted by Crippen LogP contribution is -2.36. The molecule has 3 aromatic rings. The van der Waals surface area contributed by atoms with Crippen molar-refractivity contribution in [1.82, 2.24) is 25.3 Å². The topological polar surface area (TPSA) is 132 Å². The largest absolute Gasteiger partial charge is 0.490 e. The van der Waals surface area contributed by atoms with Crippen molar-refractivity contribution < 1.29 is 45.4 Å². The minimum atomic E-state index is -5.08. The smallest absolute Gasteiger partial charge is 0.475 e. The second kappa shape index (κ2) is 10.9. The minimum absolute atomic E-state index is 0.0118. The number of halogens is 7. The molecule has 0 radical (unpaired) electrons. The molecular formula is C23H20F7N5O4. The number of amides is 1. The Morgan fingerprint density at radius 1 is 1.05 bits per heavy atom. The maximum Gasteiger partial charge on any atom is 0.490 e. The Bertz CT molecular complexity index is 1460. The van der Waals surface area contributed by atoms with Crippen LogP contribution in [0, 0.1) is 19.7 Å². The number of H-pyrrole nitrogens is 2. The molecule has 3 heterocycles. The number of rotatable bonds is 3. The fourth-order valence-corrected chi connectivity index (χ4v) is 3.78. The van der Waals surface area contributed by atoms with E-state index in [1.165, 1.54) is 23.1 Å². The molecule has 0 saturated carbocycles. The van der Waals surface area contributed by atoms with Crippen molar-refractivity contribution in [2.24, 2.45) is 0 Å². The second-order valence-electron chi connectivity index (χ2n) is 8.55. The van der Waals surface area contributed by atoms with Gasteiger partial charge < -0.3 is 10.0 Å². The molecule has 0 unspecified atom stereocenters. The lowest BCUT2D eigenvalue weighted by atomic mass is 10.00. The summed E-state index contributed by atoms with van der Waals surface area (Å²) in [4.78, 5) is 34.8. The van der Waals surface area contributed by atoms with E-state index in [0.29, 0.717) is 22.4 Å². The summed E-state index contributed by atoms with van der Waals surface area (Å²) in [6, 6.07) is 4.10. The molecule has 1 amide bonds. The predicted molar refractivity (Wildman–Crippen MR) is 119 cm³/mol. The fourth-order valence-electron chi connectivity index (χ4n) is 3.78. The SMILES string of the molecule is Cc1c(Cc2ccc(F)c(C(=O)N3CCc4c(C(F)(F)F)n[nH]c4C3)c2)n[nH]c(=O)c1C.O=C(O)C(F)(F)F. The van der Waals surface area contributed by atoms with E-state index in [1.54, 1.807) is 13.8 Å². The van der Waals surface area contributed by atoms with Gasteiger partial charge in [0.05, 0.1) is 23.5 Å². The van der Waals surface area contributed by atoms with Gasteiger partial charge in [-0.05, 0) is 43.5 Å². The van der Waals surface area contributed by atoms with Crippen LogP contribution in [0.15, 0.2) is 23.0 Å². The third-order valence-corrected chi connectivity index (χ3v) is 5.99. The van der Waals surface area contributed by atoms with Gasteiger partial charge in [0.15, 0.2) is 5.69 Å². The summed E-state index contributed by atoms with van der Waals surface area (Å²) in [5.74, 6) is -4.11. The van der Waals surface area contributed by atoms with Gasteiger partial charge in [-0.1, -0.05) is 6.07 Å². The van der Waals surface area contributed by atoms with E-state index in [2.05, 4.69) is 20.4 Å². The number of hydrogen-bond donors (Lipinski definition) is 3. The number of aromatic nitrogens is 4. The zero-order valence-electron chi connectivity index (χ0n) is 20.2. The molecule has 3 N–H and O–H groups in total. The van der Waals surface area contributed by atoms with Crippen LogP contribution in [0.4, 0.5) is 30.7 Å². The van der Waals surface area contributed by atoms with Crippen molar-refractivity contribution in [3.8, 4) is 0 Å². The zero-order valence-corrected chi connectivity index (χ0v) is 20.2. The number of aliphatic carboxylic acids is 1. The van der Waals surface area contributed by atoms with Gasteiger partial charge in [-0.15, -0.1) is 0 Å². The predicted octanol–water partition coefficient (Wildman–Crippen LogP) is 3.69. The molecule has 2 aromatic heterocycles. The van der Waals surface area contributed by atoms with Gasteiger partial charge >= 0.3 is 18.3 Å². The lowest BCUT2D eigenvalue weighted by molar-refractivity contribution is -0.192. The zero-order chi connectivity index (χ0) is 29.3. The summed E-state index contributed by atoms with van der Waals surface area (Å²) < 4.78 is 85.4.